The molecular weight excluding hydrogens is 165 g/mol. The summed E-state index contributed by atoms with van der Waals surface area (Å²) in [5.41, 5.74) is 3.22. The molecule has 2 N–H and O–H groups in total. The van der Waals surface area contributed by atoms with E-state index in [0.29, 0.717) is 0 Å². The Hall–Kier alpha value is -1.27. The number of nitrogens with two attached hydrogens (primary N) is 1. The highest BCUT2D eigenvalue weighted by molar-refractivity contribution is 4.97. The lowest BCUT2D eigenvalue weighted by Crippen LogP contribution is -2.21. The molecule has 0 aromatic carbocycles. The predicted octanol–water partition coefficient (Wildman–Crippen LogP) is 0.666. The van der Waals surface area contributed by atoms with Gasteiger partial charge in [-0.1, -0.05) is 0 Å². The highest BCUT2D eigenvalue weighted by Crippen LogP contribution is 2.14. The van der Waals surface area contributed by atoms with Crippen LogP contribution in [0, 0.1) is 10.1 Å². The van der Waals surface area contributed by atoms with E-state index in [2.05, 4.69) is 5.73 Å². The molecule has 1 atom stereocenters. The van der Waals surface area contributed by atoms with Crippen LogP contribution in [0.3, 0.4) is 0 Å². The molecule has 0 bridgehead atoms. The Bertz CT molecular complexity index is 182. The fraction of sp³-hybridized carbons (Fsp3) is 0.500. The molecule has 11 heavy (non-hydrogen) atoms. The average molecular weight is 170 g/mol. The normalized spacial score (nSPS) is 15.1. The second-order valence-electron chi connectivity index (χ2n) is 1.58. The lowest BCUT2D eigenvalue weighted by atomic mass is 10.3. The van der Waals surface area contributed by atoms with Gasteiger partial charge >= 0.3 is 5.70 Å². The molecule has 0 saturated carbocycles. The molecule has 0 aliphatic heterocycles. The topological polar surface area (TPSA) is 69.2 Å². The van der Waals surface area contributed by atoms with Crippen molar-refractivity contribution >= 4 is 0 Å². The van der Waals surface area contributed by atoms with Crippen molar-refractivity contribution in [1.82, 2.24) is 0 Å². The van der Waals surface area contributed by atoms with Crippen molar-refractivity contribution in [2.45, 2.75) is 12.6 Å². The number of rotatable bonds is 3. The van der Waals surface area contributed by atoms with E-state index in [0.717, 1.165) is 0 Å². The van der Waals surface area contributed by atoms with Crippen molar-refractivity contribution in [1.29, 1.82) is 0 Å². The summed E-state index contributed by atoms with van der Waals surface area (Å²) in [5.74, 6) is 0. The van der Waals surface area contributed by atoms with E-state index in [1.807, 2.05) is 0 Å². The summed E-state index contributed by atoms with van der Waals surface area (Å²) in [5, 5.41) is 9.76. The van der Waals surface area contributed by atoms with E-state index in [-0.39, 0.29) is 6.20 Å². The Balaban J connectivity index is 4.41. The maximum absolute atomic E-state index is 12.1. The quantitative estimate of drug-likeness (QED) is 0.499. The molecule has 0 rings (SSSR count). The van der Waals surface area contributed by atoms with Crippen molar-refractivity contribution in [2.75, 3.05) is 0 Å². The monoisotopic (exact) mass is 170 g/mol. The minimum Gasteiger partial charge on any atom is -0.399 e. The van der Waals surface area contributed by atoms with Crippen LogP contribution < -0.4 is 5.73 Å². The van der Waals surface area contributed by atoms with E-state index >= 15 is 0 Å². The third-order valence-corrected chi connectivity index (χ3v) is 0.885. The molecule has 4 nitrogen and oxygen atoms in total. The number of halogens is 3. The summed E-state index contributed by atoms with van der Waals surface area (Å²) in [6, 6.07) is 0. The van der Waals surface area contributed by atoms with Crippen LogP contribution in [0.25, 0.3) is 0 Å². The van der Waals surface area contributed by atoms with Gasteiger partial charge in [-0.25, -0.2) is 13.2 Å². The van der Waals surface area contributed by atoms with Gasteiger partial charge in [0.1, 0.15) is 0 Å². The summed E-state index contributed by atoms with van der Waals surface area (Å²) < 4.78 is 35.0. The van der Waals surface area contributed by atoms with Crippen LogP contribution >= 0.6 is 0 Å². The fourth-order valence-corrected chi connectivity index (χ4v) is 0.383. The minimum absolute atomic E-state index is 0.219. The van der Waals surface area contributed by atoms with Gasteiger partial charge < -0.3 is 5.73 Å². The second-order valence-corrected chi connectivity index (χ2v) is 1.58. The standard InChI is InChI=1S/C4H5F3N2O2/c5-3(4(6)7)2(1-8)9(10)11/h1,3-4H,8H2. The van der Waals surface area contributed by atoms with Gasteiger partial charge in [-0.2, -0.15) is 0 Å². The molecular formula is C4H5F3N2O2. The minimum atomic E-state index is -3.42. The molecule has 0 aliphatic carbocycles. The Morgan fingerprint density at radius 1 is 1.55 bits per heavy atom. The summed E-state index contributed by atoms with van der Waals surface area (Å²) in [6.07, 6.45) is -6.12. The molecule has 0 aromatic rings. The van der Waals surface area contributed by atoms with Crippen molar-refractivity contribution in [2.24, 2.45) is 5.73 Å². The molecule has 0 fully saturated rings. The van der Waals surface area contributed by atoms with Gasteiger partial charge in [0, 0.05) is 0 Å². The van der Waals surface area contributed by atoms with E-state index in [9.17, 15) is 23.3 Å². The van der Waals surface area contributed by atoms with Gasteiger partial charge in [-0.15, -0.1) is 0 Å². The van der Waals surface area contributed by atoms with Crippen LogP contribution in [0.1, 0.15) is 0 Å². The third-order valence-electron chi connectivity index (χ3n) is 0.885. The van der Waals surface area contributed by atoms with Gasteiger partial charge in [-0.3, -0.25) is 10.1 Å². The molecule has 1 unspecified atom stereocenters. The molecule has 0 aliphatic rings. The Morgan fingerprint density at radius 2 is 2.00 bits per heavy atom. The van der Waals surface area contributed by atoms with Crippen LogP contribution in [-0.2, 0) is 0 Å². The zero-order valence-electron chi connectivity index (χ0n) is 5.21. The SMILES string of the molecule is NC=C(C(F)C(F)F)[N+](=O)[O-]. The number of allylic oxidation sites excluding steroid dienone is 1. The maximum atomic E-state index is 12.1. The van der Waals surface area contributed by atoms with Gasteiger partial charge in [0.15, 0.2) is 0 Å². The number of hydrogen-bond donors (Lipinski definition) is 1. The van der Waals surface area contributed by atoms with Crippen molar-refractivity contribution in [3.8, 4) is 0 Å². The molecule has 0 heterocycles. The van der Waals surface area contributed by atoms with Gasteiger partial charge in [0.25, 0.3) is 12.6 Å². The lowest BCUT2D eigenvalue weighted by Gasteiger charge is -2.01. The van der Waals surface area contributed by atoms with Gasteiger partial charge in [0.2, 0.25) is 0 Å². The van der Waals surface area contributed by atoms with Crippen LogP contribution in [0.5, 0.6) is 0 Å². The van der Waals surface area contributed by atoms with Crippen molar-refractivity contribution in [3.05, 3.63) is 22.0 Å². The lowest BCUT2D eigenvalue weighted by molar-refractivity contribution is -0.436. The average Bonchev–Trinajstić information content (AvgIpc) is 1.88. The molecule has 7 heteroatoms. The summed E-state index contributed by atoms with van der Waals surface area (Å²) >= 11 is 0. The van der Waals surface area contributed by atoms with Gasteiger partial charge in [0.05, 0.1) is 11.1 Å². The molecule has 0 aromatic heterocycles. The molecule has 64 valence electrons. The van der Waals surface area contributed by atoms with E-state index in [4.69, 9.17) is 0 Å². The number of nitrogens with zero attached hydrogens (tertiary/aromatic N) is 1. The summed E-state index contributed by atoms with van der Waals surface area (Å²) in [7, 11) is 0. The first kappa shape index (κ1) is 9.73. The second kappa shape index (κ2) is 3.79. The Kier molecular flexibility index (Phi) is 3.35. The highest BCUT2D eigenvalue weighted by atomic mass is 19.3. The van der Waals surface area contributed by atoms with Crippen LogP contribution in [0.4, 0.5) is 13.2 Å². The zero-order valence-corrected chi connectivity index (χ0v) is 5.21. The first-order chi connectivity index (χ1) is 5.00. The molecule has 0 amide bonds. The van der Waals surface area contributed by atoms with E-state index in [1.54, 1.807) is 0 Å². The Morgan fingerprint density at radius 3 is 2.09 bits per heavy atom. The third kappa shape index (κ3) is 2.44. The first-order valence-corrected chi connectivity index (χ1v) is 2.49. The summed E-state index contributed by atoms with van der Waals surface area (Å²) in [4.78, 5) is 8.48. The van der Waals surface area contributed by atoms with Crippen LogP contribution in [-0.4, -0.2) is 17.5 Å². The number of alkyl halides is 3. The van der Waals surface area contributed by atoms with E-state index in [1.165, 1.54) is 0 Å². The maximum Gasteiger partial charge on any atom is 0.301 e. The highest BCUT2D eigenvalue weighted by Gasteiger charge is 2.32. The van der Waals surface area contributed by atoms with Crippen molar-refractivity contribution in [3.63, 3.8) is 0 Å². The van der Waals surface area contributed by atoms with E-state index < -0.39 is 23.2 Å². The first-order valence-electron chi connectivity index (χ1n) is 2.49. The number of nitro groups is 1. The number of hydrogen-bond acceptors (Lipinski definition) is 3. The summed E-state index contributed by atoms with van der Waals surface area (Å²) in [6.45, 7) is 0. The molecule has 0 spiro atoms. The molecule has 0 saturated heterocycles. The van der Waals surface area contributed by atoms with Crippen LogP contribution in [0.15, 0.2) is 11.9 Å². The molecule has 0 radical (unpaired) electrons. The fourth-order valence-electron chi connectivity index (χ4n) is 0.383. The predicted molar refractivity (Wildman–Crippen MR) is 30.2 cm³/mol. The smallest absolute Gasteiger partial charge is 0.301 e. The Labute approximate surface area is 59.6 Å². The van der Waals surface area contributed by atoms with Crippen molar-refractivity contribution < 1.29 is 18.1 Å². The largest absolute Gasteiger partial charge is 0.399 e. The zero-order chi connectivity index (χ0) is 9.02. The van der Waals surface area contributed by atoms with Crippen LogP contribution in [0.2, 0.25) is 0 Å². The van der Waals surface area contributed by atoms with Gasteiger partial charge in [-0.05, 0) is 0 Å².